The maximum Gasteiger partial charge on any atom is 0.205 e. The zero-order valence-corrected chi connectivity index (χ0v) is 14.0. The molecule has 7 heteroatoms. The Morgan fingerprint density at radius 3 is 2.91 bits per heavy atom. The van der Waals surface area contributed by atoms with E-state index in [1.54, 1.807) is 7.11 Å². The summed E-state index contributed by atoms with van der Waals surface area (Å²) in [5.74, 6) is 0.888. The van der Waals surface area contributed by atoms with E-state index < -0.39 is 0 Å². The van der Waals surface area contributed by atoms with Crippen molar-refractivity contribution in [2.75, 3.05) is 44.9 Å². The number of aromatic nitrogens is 2. The average Bonchev–Trinajstić information content (AvgIpc) is 3.23. The van der Waals surface area contributed by atoms with Crippen LogP contribution in [0, 0.1) is 0 Å². The van der Waals surface area contributed by atoms with Crippen LogP contribution < -0.4 is 4.90 Å². The molecule has 0 radical (unpaired) electrons. The Kier molecular flexibility index (Phi) is 6.00. The predicted molar refractivity (Wildman–Crippen MR) is 85.7 cm³/mol. The molecular weight excluding hydrogens is 302 g/mol. The molecule has 6 nitrogen and oxygen atoms in total. The van der Waals surface area contributed by atoms with Gasteiger partial charge in [0.05, 0.1) is 25.4 Å². The Hall–Kier alpha value is -0.760. The van der Waals surface area contributed by atoms with E-state index in [2.05, 4.69) is 14.3 Å². The van der Waals surface area contributed by atoms with E-state index >= 15 is 0 Å². The molecule has 0 saturated carbocycles. The summed E-state index contributed by atoms with van der Waals surface area (Å²) < 4.78 is 21.1. The van der Waals surface area contributed by atoms with Gasteiger partial charge in [-0.3, -0.25) is 0 Å². The number of rotatable bonds is 7. The van der Waals surface area contributed by atoms with Gasteiger partial charge in [0.15, 0.2) is 0 Å². The van der Waals surface area contributed by atoms with Crippen LogP contribution in [-0.4, -0.2) is 61.6 Å². The van der Waals surface area contributed by atoms with E-state index in [0.717, 1.165) is 62.9 Å². The minimum Gasteiger partial charge on any atom is -0.384 e. The van der Waals surface area contributed by atoms with Gasteiger partial charge >= 0.3 is 0 Å². The molecule has 2 aliphatic heterocycles. The van der Waals surface area contributed by atoms with E-state index in [9.17, 15) is 0 Å². The van der Waals surface area contributed by atoms with Crippen molar-refractivity contribution < 1.29 is 14.2 Å². The molecule has 1 aromatic heterocycles. The van der Waals surface area contributed by atoms with Crippen molar-refractivity contribution in [2.24, 2.45) is 0 Å². The van der Waals surface area contributed by atoms with Crippen LogP contribution in [-0.2, 0) is 20.6 Å². The normalized spacial score (nSPS) is 23.3. The van der Waals surface area contributed by atoms with Gasteiger partial charge in [-0.05, 0) is 25.7 Å². The lowest BCUT2D eigenvalue weighted by Crippen LogP contribution is -2.38. The number of piperidine rings is 1. The molecule has 0 amide bonds. The van der Waals surface area contributed by atoms with E-state index in [0.29, 0.717) is 18.8 Å². The minimum atomic E-state index is 0.324. The maximum atomic E-state index is 6.01. The van der Waals surface area contributed by atoms with Crippen LogP contribution >= 0.6 is 11.5 Å². The van der Waals surface area contributed by atoms with Crippen LogP contribution in [0.25, 0.3) is 0 Å². The second-order valence-corrected chi connectivity index (χ2v) is 6.62. The molecule has 0 aliphatic carbocycles. The highest BCUT2D eigenvalue weighted by molar-refractivity contribution is 7.09. The molecular formula is C15H25N3O3S. The Balaban J connectivity index is 1.40. The highest BCUT2D eigenvalue weighted by Gasteiger charge is 2.24. The lowest BCUT2D eigenvalue weighted by molar-refractivity contribution is -0.0280. The Morgan fingerprint density at radius 1 is 1.32 bits per heavy atom. The molecule has 3 heterocycles. The molecule has 2 aliphatic rings. The van der Waals surface area contributed by atoms with E-state index in [1.165, 1.54) is 18.0 Å². The first-order valence-electron chi connectivity index (χ1n) is 8.15. The molecule has 1 atom stereocenters. The van der Waals surface area contributed by atoms with Gasteiger partial charge in [-0.2, -0.15) is 4.37 Å². The monoisotopic (exact) mass is 327 g/mol. The summed E-state index contributed by atoms with van der Waals surface area (Å²) in [5.41, 5.74) is 0. The fraction of sp³-hybridized carbons (Fsp3) is 0.867. The maximum absolute atomic E-state index is 6.01. The van der Waals surface area contributed by atoms with Crippen LogP contribution in [0.1, 0.15) is 31.5 Å². The molecule has 3 rings (SSSR count). The largest absolute Gasteiger partial charge is 0.384 e. The van der Waals surface area contributed by atoms with Gasteiger partial charge < -0.3 is 19.1 Å². The highest BCUT2D eigenvalue weighted by Crippen LogP contribution is 2.24. The van der Waals surface area contributed by atoms with Crippen molar-refractivity contribution in [1.82, 2.24) is 9.36 Å². The summed E-state index contributed by atoms with van der Waals surface area (Å²) in [5, 5.41) is 1.03. The Bertz CT molecular complexity index is 443. The lowest BCUT2D eigenvalue weighted by Gasteiger charge is -2.31. The second-order valence-electron chi connectivity index (χ2n) is 5.89. The van der Waals surface area contributed by atoms with Crippen LogP contribution in [0.5, 0.6) is 0 Å². The number of methoxy groups -OCH3 is 1. The fourth-order valence-electron chi connectivity index (χ4n) is 2.90. The van der Waals surface area contributed by atoms with Gasteiger partial charge in [0.25, 0.3) is 0 Å². The van der Waals surface area contributed by atoms with Gasteiger partial charge in [-0.15, -0.1) is 0 Å². The zero-order chi connectivity index (χ0) is 15.2. The molecule has 0 bridgehead atoms. The number of nitrogens with zero attached hydrogens (tertiary/aromatic N) is 3. The van der Waals surface area contributed by atoms with Gasteiger partial charge in [0, 0.05) is 44.8 Å². The first kappa shape index (κ1) is 16.1. The van der Waals surface area contributed by atoms with Crippen molar-refractivity contribution in [2.45, 2.75) is 44.3 Å². The number of ether oxygens (including phenoxy) is 3. The summed E-state index contributed by atoms with van der Waals surface area (Å²) in [7, 11) is 1.70. The summed E-state index contributed by atoms with van der Waals surface area (Å²) >= 11 is 1.49. The molecule has 0 aromatic carbocycles. The van der Waals surface area contributed by atoms with Gasteiger partial charge in [-0.25, -0.2) is 4.98 Å². The quantitative estimate of drug-likeness (QED) is 0.762. The number of hydrogen-bond donors (Lipinski definition) is 0. The Labute approximate surface area is 135 Å². The van der Waals surface area contributed by atoms with Crippen LogP contribution in [0.15, 0.2) is 0 Å². The third-order valence-electron chi connectivity index (χ3n) is 4.24. The van der Waals surface area contributed by atoms with Crippen LogP contribution in [0.4, 0.5) is 5.13 Å². The second kappa shape index (κ2) is 8.19. The zero-order valence-electron chi connectivity index (χ0n) is 13.2. The molecule has 0 unspecified atom stereocenters. The average molecular weight is 327 g/mol. The van der Waals surface area contributed by atoms with Crippen molar-refractivity contribution >= 4 is 16.7 Å². The van der Waals surface area contributed by atoms with E-state index in [4.69, 9.17) is 14.2 Å². The standard InChI is InChI=1S/C15H25N3O3S/c1-19-10-6-14-16-15(22-17-14)18-7-4-12(5-8-18)21-11-13-3-2-9-20-13/h12-13H,2-11H2,1H3/t13-/m1/s1. The molecule has 22 heavy (non-hydrogen) atoms. The van der Waals surface area contributed by atoms with Crippen molar-refractivity contribution in [3.63, 3.8) is 0 Å². The van der Waals surface area contributed by atoms with Gasteiger partial charge in [0.1, 0.15) is 5.82 Å². The summed E-state index contributed by atoms with van der Waals surface area (Å²) in [6, 6.07) is 0. The molecule has 2 saturated heterocycles. The summed E-state index contributed by atoms with van der Waals surface area (Å²) in [6.45, 7) is 4.32. The Morgan fingerprint density at radius 2 is 2.18 bits per heavy atom. The third kappa shape index (κ3) is 4.38. The first-order chi connectivity index (χ1) is 10.8. The van der Waals surface area contributed by atoms with Crippen LogP contribution in [0.2, 0.25) is 0 Å². The first-order valence-corrected chi connectivity index (χ1v) is 8.92. The van der Waals surface area contributed by atoms with E-state index in [1.807, 2.05) is 0 Å². The number of anilines is 1. The lowest BCUT2D eigenvalue weighted by atomic mass is 10.1. The summed E-state index contributed by atoms with van der Waals surface area (Å²) in [4.78, 5) is 6.92. The predicted octanol–water partition coefficient (Wildman–Crippen LogP) is 1.89. The fourth-order valence-corrected chi connectivity index (χ4v) is 3.66. The molecule has 0 spiro atoms. The molecule has 0 N–H and O–H groups in total. The van der Waals surface area contributed by atoms with Crippen LogP contribution in [0.3, 0.4) is 0 Å². The molecule has 124 valence electrons. The van der Waals surface area contributed by atoms with E-state index in [-0.39, 0.29) is 0 Å². The minimum absolute atomic E-state index is 0.324. The smallest absolute Gasteiger partial charge is 0.205 e. The topological polar surface area (TPSA) is 56.7 Å². The highest BCUT2D eigenvalue weighted by atomic mass is 32.1. The molecule has 2 fully saturated rings. The van der Waals surface area contributed by atoms with Gasteiger partial charge in [-0.1, -0.05) is 0 Å². The molecule has 1 aromatic rings. The van der Waals surface area contributed by atoms with Crippen molar-refractivity contribution in [1.29, 1.82) is 0 Å². The third-order valence-corrected chi connectivity index (χ3v) is 5.06. The van der Waals surface area contributed by atoms with Crippen molar-refractivity contribution in [3.05, 3.63) is 5.82 Å². The summed E-state index contributed by atoms with van der Waals surface area (Å²) in [6.07, 6.45) is 5.90. The SMILES string of the molecule is COCCc1nsc(N2CCC(OC[C@H]3CCCO3)CC2)n1. The van der Waals surface area contributed by atoms with Gasteiger partial charge in [0.2, 0.25) is 5.13 Å². The van der Waals surface area contributed by atoms with Crippen molar-refractivity contribution in [3.8, 4) is 0 Å². The number of hydrogen-bond acceptors (Lipinski definition) is 7.